The summed E-state index contributed by atoms with van der Waals surface area (Å²) in [6, 6.07) is 9.24. The maximum Gasteiger partial charge on any atom is 0.271 e. The largest absolute Gasteiger partial charge is 0.398 e. The molecule has 4 rings (SSSR count). The van der Waals surface area contributed by atoms with Crippen LogP contribution in [0.4, 0.5) is 5.69 Å². The number of anilines is 1. The number of hydrogen-bond acceptors (Lipinski definition) is 6. The molecule has 0 spiro atoms. The normalized spacial score (nSPS) is 11.1. The molecule has 4 aromatic rings. The van der Waals surface area contributed by atoms with Gasteiger partial charge in [-0.1, -0.05) is 18.2 Å². The van der Waals surface area contributed by atoms with Crippen LogP contribution >= 0.6 is 11.9 Å². The molecule has 0 aliphatic carbocycles. The number of nitrogen functional groups attached to an aromatic ring is 1. The molecule has 0 aliphatic rings. The first-order chi connectivity index (χ1) is 15.3. The third-order valence-corrected chi connectivity index (χ3v) is 6.57. The smallest absolute Gasteiger partial charge is 0.271 e. The van der Waals surface area contributed by atoms with E-state index in [-0.39, 0.29) is 22.7 Å². The Labute approximate surface area is 188 Å². The summed E-state index contributed by atoms with van der Waals surface area (Å²) >= 11 is 1.18. The van der Waals surface area contributed by atoms with E-state index in [1.807, 2.05) is 39.2 Å². The number of carbonyl (C=O) groups excluding carboxylic acids is 1. The minimum atomic E-state index is -0.372. The van der Waals surface area contributed by atoms with Crippen molar-refractivity contribution < 1.29 is 4.79 Å². The average molecular weight is 450 g/mol. The van der Waals surface area contributed by atoms with Crippen molar-refractivity contribution in [2.75, 3.05) is 5.73 Å². The van der Waals surface area contributed by atoms with Crippen LogP contribution in [0.5, 0.6) is 0 Å². The quantitative estimate of drug-likeness (QED) is 0.390. The van der Waals surface area contributed by atoms with Gasteiger partial charge in [0.25, 0.3) is 11.5 Å². The van der Waals surface area contributed by atoms with Gasteiger partial charge in [-0.2, -0.15) is 5.10 Å². The summed E-state index contributed by atoms with van der Waals surface area (Å²) in [7, 11) is 3.69. The van der Waals surface area contributed by atoms with Crippen LogP contribution in [0.3, 0.4) is 0 Å². The zero-order valence-corrected chi connectivity index (χ0v) is 18.7. The molecule has 0 bridgehead atoms. The van der Waals surface area contributed by atoms with E-state index in [2.05, 4.69) is 10.4 Å². The summed E-state index contributed by atoms with van der Waals surface area (Å²) < 4.78 is 5.00. The number of para-hydroxylation sites is 1. The molecule has 10 heteroatoms. The third-order valence-electron chi connectivity index (χ3n) is 5.48. The van der Waals surface area contributed by atoms with Crippen LogP contribution in [0.25, 0.3) is 10.9 Å². The van der Waals surface area contributed by atoms with Crippen LogP contribution in [-0.2, 0) is 20.6 Å². The molecule has 3 heterocycles. The third kappa shape index (κ3) is 3.69. The van der Waals surface area contributed by atoms with Crippen molar-refractivity contribution in [3.63, 3.8) is 0 Å². The lowest BCUT2D eigenvalue weighted by Gasteiger charge is -2.09. The van der Waals surface area contributed by atoms with Crippen LogP contribution in [0.2, 0.25) is 0 Å². The van der Waals surface area contributed by atoms with Gasteiger partial charge >= 0.3 is 0 Å². The number of benzene rings is 1. The van der Waals surface area contributed by atoms with Crippen LogP contribution in [0, 0.1) is 12.3 Å². The standard InChI is InChI=1S/C22H23N7O2S/c1-13-19(32-29-8-7-17(24)16(10-23)22(29)31)9-18(27(13)2)21(30)25-11-14-5-4-6-15-12-26-28(3)20(14)15/h4-10,12,23H,11,24H2,1-3H3,(H,25,30). The number of fused-ring (bicyclic) bond motifs is 1. The number of rotatable bonds is 6. The maximum atomic E-state index is 12.9. The fraction of sp³-hybridized carbons (Fsp3) is 0.182. The number of nitrogens with zero attached hydrogens (tertiary/aromatic N) is 4. The molecule has 0 atom stereocenters. The van der Waals surface area contributed by atoms with Crippen molar-refractivity contribution in [1.82, 2.24) is 23.6 Å². The number of aryl methyl sites for hydroxylation is 1. The Balaban J connectivity index is 1.57. The van der Waals surface area contributed by atoms with Crippen molar-refractivity contribution in [2.24, 2.45) is 14.1 Å². The van der Waals surface area contributed by atoms with E-state index in [4.69, 9.17) is 11.1 Å². The molecular formula is C22H23N7O2S. The molecule has 0 radical (unpaired) electrons. The van der Waals surface area contributed by atoms with Crippen LogP contribution < -0.4 is 16.6 Å². The number of carbonyl (C=O) groups is 1. The summed E-state index contributed by atoms with van der Waals surface area (Å²) in [5.74, 6) is -0.216. The van der Waals surface area contributed by atoms with E-state index >= 15 is 0 Å². The van der Waals surface area contributed by atoms with Gasteiger partial charge in [0.05, 0.1) is 22.2 Å². The average Bonchev–Trinajstić information content (AvgIpc) is 3.29. The van der Waals surface area contributed by atoms with Gasteiger partial charge in [-0.15, -0.1) is 0 Å². The molecule has 0 saturated heterocycles. The molecule has 164 valence electrons. The van der Waals surface area contributed by atoms with Crippen LogP contribution in [-0.4, -0.2) is 30.4 Å². The molecule has 3 aromatic heterocycles. The minimum Gasteiger partial charge on any atom is -0.398 e. The van der Waals surface area contributed by atoms with E-state index in [0.29, 0.717) is 12.2 Å². The lowest BCUT2D eigenvalue weighted by Crippen LogP contribution is -2.25. The van der Waals surface area contributed by atoms with Crippen LogP contribution in [0.15, 0.2) is 52.4 Å². The molecule has 0 fully saturated rings. The first-order valence-corrected chi connectivity index (χ1v) is 10.6. The van der Waals surface area contributed by atoms with Gasteiger partial charge in [-0.05, 0) is 36.6 Å². The number of nitrogens with two attached hydrogens (primary N) is 1. The molecule has 32 heavy (non-hydrogen) atoms. The predicted molar refractivity (Wildman–Crippen MR) is 126 cm³/mol. The SMILES string of the molecule is Cc1c(Sn2ccc(N)c(C=N)c2=O)cc(C(=O)NCc2cccc3cnn(C)c23)n1C. The molecule has 0 aliphatic heterocycles. The lowest BCUT2D eigenvalue weighted by molar-refractivity contribution is 0.0942. The number of pyridine rings is 1. The van der Waals surface area contributed by atoms with Gasteiger partial charge < -0.3 is 21.0 Å². The van der Waals surface area contributed by atoms with Crippen LogP contribution in [0.1, 0.15) is 27.3 Å². The van der Waals surface area contributed by atoms with Crippen molar-refractivity contribution in [3.8, 4) is 0 Å². The molecule has 0 unspecified atom stereocenters. The summed E-state index contributed by atoms with van der Waals surface area (Å²) in [4.78, 5) is 26.3. The van der Waals surface area contributed by atoms with Crippen molar-refractivity contribution in [2.45, 2.75) is 18.4 Å². The van der Waals surface area contributed by atoms with Gasteiger partial charge in [-0.3, -0.25) is 18.2 Å². The fourth-order valence-electron chi connectivity index (χ4n) is 3.58. The fourth-order valence-corrected chi connectivity index (χ4v) is 4.53. The van der Waals surface area contributed by atoms with E-state index in [1.54, 1.807) is 33.8 Å². The number of aromatic nitrogens is 4. The number of hydrogen-bond donors (Lipinski definition) is 3. The molecule has 0 saturated carbocycles. The Hall–Kier alpha value is -3.79. The molecule has 1 aromatic carbocycles. The first kappa shape index (κ1) is 21.4. The second-order valence-corrected chi connectivity index (χ2v) is 8.41. The topological polar surface area (TPSA) is 124 Å². The summed E-state index contributed by atoms with van der Waals surface area (Å²) in [5, 5.41) is 15.7. The molecular weight excluding hydrogens is 426 g/mol. The zero-order chi connectivity index (χ0) is 23.0. The second-order valence-electron chi connectivity index (χ2n) is 7.40. The Morgan fingerprint density at radius 3 is 2.84 bits per heavy atom. The van der Waals surface area contributed by atoms with Crippen molar-refractivity contribution in [1.29, 1.82) is 5.41 Å². The van der Waals surface area contributed by atoms with E-state index in [0.717, 1.165) is 33.3 Å². The van der Waals surface area contributed by atoms with Gasteiger partial charge in [0, 0.05) is 49.8 Å². The highest BCUT2D eigenvalue weighted by Gasteiger charge is 2.18. The Bertz CT molecular complexity index is 1410. The highest BCUT2D eigenvalue weighted by atomic mass is 32.2. The van der Waals surface area contributed by atoms with Gasteiger partial charge in [0.15, 0.2) is 0 Å². The second kappa shape index (κ2) is 8.39. The zero-order valence-electron chi connectivity index (χ0n) is 17.9. The summed E-state index contributed by atoms with van der Waals surface area (Å²) in [5.41, 5.74) is 9.08. The number of nitrogens with one attached hydrogen (secondary N) is 2. The van der Waals surface area contributed by atoms with Gasteiger partial charge in [0.1, 0.15) is 5.69 Å². The van der Waals surface area contributed by atoms with E-state index < -0.39 is 0 Å². The monoisotopic (exact) mass is 449 g/mol. The molecule has 1 amide bonds. The first-order valence-electron chi connectivity index (χ1n) is 9.86. The Kier molecular flexibility index (Phi) is 5.62. The highest BCUT2D eigenvalue weighted by molar-refractivity contribution is 7.97. The summed E-state index contributed by atoms with van der Waals surface area (Å²) in [6.45, 7) is 2.25. The lowest BCUT2D eigenvalue weighted by atomic mass is 10.1. The summed E-state index contributed by atoms with van der Waals surface area (Å²) in [6.07, 6.45) is 4.32. The van der Waals surface area contributed by atoms with E-state index in [9.17, 15) is 9.59 Å². The molecule has 4 N–H and O–H groups in total. The molecule has 9 nitrogen and oxygen atoms in total. The maximum absolute atomic E-state index is 12.9. The minimum absolute atomic E-state index is 0.135. The Morgan fingerprint density at radius 2 is 2.09 bits per heavy atom. The Morgan fingerprint density at radius 1 is 1.31 bits per heavy atom. The van der Waals surface area contributed by atoms with Gasteiger partial charge in [0.2, 0.25) is 0 Å². The van der Waals surface area contributed by atoms with Crippen molar-refractivity contribution in [3.05, 3.63) is 75.6 Å². The predicted octanol–water partition coefficient (Wildman–Crippen LogP) is 2.45. The van der Waals surface area contributed by atoms with E-state index in [1.165, 1.54) is 15.9 Å². The van der Waals surface area contributed by atoms with Gasteiger partial charge in [-0.25, -0.2) is 0 Å². The number of amides is 1. The van der Waals surface area contributed by atoms with Crippen molar-refractivity contribution >= 4 is 40.7 Å². The highest BCUT2D eigenvalue weighted by Crippen LogP contribution is 2.26.